The van der Waals surface area contributed by atoms with E-state index in [9.17, 15) is 0 Å². The molecule has 4 rings (SSSR count). The Bertz CT molecular complexity index is 609. The van der Waals surface area contributed by atoms with Gasteiger partial charge in [0.05, 0.1) is 10.8 Å². The Morgan fingerprint density at radius 2 is 2.05 bits per heavy atom. The molecule has 2 aliphatic rings. The van der Waals surface area contributed by atoms with E-state index in [0.717, 1.165) is 38.0 Å². The minimum atomic E-state index is -0.363. The maximum atomic E-state index is 6.38. The lowest BCUT2D eigenvalue weighted by molar-refractivity contribution is 0.348. The summed E-state index contributed by atoms with van der Waals surface area (Å²) in [6, 6.07) is 8.47. The van der Waals surface area contributed by atoms with Crippen molar-refractivity contribution in [2.75, 3.05) is 0 Å². The molecule has 2 aromatic rings. The molecule has 2 heterocycles. The van der Waals surface area contributed by atoms with E-state index in [1.165, 1.54) is 10.5 Å². The van der Waals surface area contributed by atoms with Crippen molar-refractivity contribution >= 4 is 11.8 Å². The minimum absolute atomic E-state index is 0.235. The molecule has 1 aliphatic carbocycles. The Labute approximate surface area is 122 Å². The number of hydrogen-bond acceptors (Lipinski definition) is 5. The van der Waals surface area contributed by atoms with Crippen LogP contribution in [0.2, 0.25) is 0 Å². The molecule has 5 heteroatoms. The summed E-state index contributed by atoms with van der Waals surface area (Å²) in [7, 11) is 0. The summed E-state index contributed by atoms with van der Waals surface area (Å²) in [6.07, 6.45) is 5.20. The zero-order valence-corrected chi connectivity index (χ0v) is 12.0. The van der Waals surface area contributed by atoms with Crippen LogP contribution in [0.3, 0.4) is 0 Å². The van der Waals surface area contributed by atoms with Crippen molar-refractivity contribution in [1.29, 1.82) is 0 Å². The van der Waals surface area contributed by atoms with Gasteiger partial charge in [-0.25, -0.2) is 0 Å². The standard InChI is InChI=1S/C15H17N3OS/c16-15(7-3-4-8-15)14-17-13(19-18-14)12-9-10-5-1-2-6-11(10)20-12/h1-2,5-6,12H,3-4,7-9,16H2. The number of nitrogens with two attached hydrogens (primary N) is 1. The van der Waals surface area contributed by atoms with Gasteiger partial charge in [-0.15, -0.1) is 11.8 Å². The first kappa shape index (κ1) is 12.4. The summed E-state index contributed by atoms with van der Waals surface area (Å²) < 4.78 is 5.50. The maximum Gasteiger partial charge on any atom is 0.240 e. The third kappa shape index (κ3) is 1.96. The SMILES string of the molecule is NC1(c2noc(C3Cc4ccccc4S3)n2)CCCC1. The molecule has 20 heavy (non-hydrogen) atoms. The molecule has 104 valence electrons. The molecule has 0 amide bonds. The van der Waals surface area contributed by atoms with Crippen LogP contribution in [0.4, 0.5) is 0 Å². The van der Waals surface area contributed by atoms with Gasteiger partial charge in [-0.3, -0.25) is 0 Å². The fourth-order valence-corrected chi connectivity index (χ4v) is 4.34. The van der Waals surface area contributed by atoms with Crippen LogP contribution in [0, 0.1) is 0 Å². The topological polar surface area (TPSA) is 64.9 Å². The number of hydrogen-bond donors (Lipinski definition) is 1. The Balaban J connectivity index is 1.58. The van der Waals surface area contributed by atoms with Gasteiger partial charge in [0, 0.05) is 4.90 Å². The van der Waals surface area contributed by atoms with E-state index >= 15 is 0 Å². The van der Waals surface area contributed by atoms with Gasteiger partial charge in [-0.2, -0.15) is 4.98 Å². The summed E-state index contributed by atoms with van der Waals surface area (Å²) in [5.74, 6) is 1.42. The summed E-state index contributed by atoms with van der Waals surface area (Å²) in [4.78, 5) is 5.93. The third-order valence-corrected chi connectivity index (χ3v) is 5.61. The Kier molecular flexibility index (Phi) is 2.86. The molecular weight excluding hydrogens is 270 g/mol. The average molecular weight is 287 g/mol. The largest absolute Gasteiger partial charge is 0.338 e. The van der Waals surface area contributed by atoms with E-state index in [4.69, 9.17) is 10.3 Å². The Hall–Kier alpha value is -1.33. The number of nitrogens with zero attached hydrogens (tertiary/aromatic N) is 2. The van der Waals surface area contributed by atoms with Crippen molar-refractivity contribution in [3.8, 4) is 0 Å². The van der Waals surface area contributed by atoms with Gasteiger partial charge < -0.3 is 10.3 Å². The van der Waals surface area contributed by atoms with Gasteiger partial charge in [-0.05, 0) is 30.9 Å². The van der Waals surface area contributed by atoms with Crippen molar-refractivity contribution in [3.63, 3.8) is 0 Å². The lowest BCUT2D eigenvalue weighted by Gasteiger charge is -2.17. The molecule has 1 aromatic heterocycles. The predicted octanol–water partition coefficient (Wildman–Crippen LogP) is 3.19. The maximum absolute atomic E-state index is 6.38. The molecule has 4 nitrogen and oxygen atoms in total. The third-order valence-electron chi connectivity index (χ3n) is 4.31. The van der Waals surface area contributed by atoms with Crippen LogP contribution in [0.15, 0.2) is 33.7 Å². The highest BCUT2D eigenvalue weighted by Crippen LogP contribution is 2.46. The second-order valence-corrected chi connectivity index (χ2v) is 6.98. The van der Waals surface area contributed by atoms with Crippen LogP contribution in [-0.4, -0.2) is 10.1 Å². The fraction of sp³-hybridized carbons (Fsp3) is 0.467. The number of thioether (sulfide) groups is 1. The molecule has 0 spiro atoms. The Morgan fingerprint density at radius 3 is 2.85 bits per heavy atom. The highest BCUT2D eigenvalue weighted by molar-refractivity contribution is 7.99. The van der Waals surface area contributed by atoms with Gasteiger partial charge in [0.15, 0.2) is 5.82 Å². The van der Waals surface area contributed by atoms with Gasteiger partial charge in [0.1, 0.15) is 0 Å². The van der Waals surface area contributed by atoms with Crippen LogP contribution in [0.1, 0.15) is 48.2 Å². The first-order valence-corrected chi connectivity index (χ1v) is 8.00. The Morgan fingerprint density at radius 1 is 1.25 bits per heavy atom. The van der Waals surface area contributed by atoms with Crippen molar-refractivity contribution in [3.05, 3.63) is 41.5 Å². The summed E-state index contributed by atoms with van der Waals surface area (Å²) in [5, 5.41) is 4.39. The molecule has 0 bridgehead atoms. The number of rotatable bonds is 2. The molecule has 1 unspecified atom stereocenters. The van der Waals surface area contributed by atoms with Gasteiger partial charge >= 0.3 is 0 Å². The predicted molar refractivity (Wildman–Crippen MR) is 77.4 cm³/mol. The van der Waals surface area contributed by atoms with Crippen LogP contribution < -0.4 is 5.73 Å². The molecule has 0 saturated heterocycles. The van der Waals surface area contributed by atoms with Crippen LogP contribution in [-0.2, 0) is 12.0 Å². The fourth-order valence-electron chi connectivity index (χ4n) is 3.12. The number of benzene rings is 1. The smallest absolute Gasteiger partial charge is 0.240 e. The second-order valence-electron chi connectivity index (χ2n) is 5.74. The van der Waals surface area contributed by atoms with E-state index in [1.807, 2.05) is 0 Å². The molecule has 2 N–H and O–H groups in total. The van der Waals surface area contributed by atoms with Crippen LogP contribution >= 0.6 is 11.8 Å². The van der Waals surface area contributed by atoms with E-state index in [-0.39, 0.29) is 10.8 Å². The molecule has 0 radical (unpaired) electrons. The molecule has 1 saturated carbocycles. The highest BCUT2D eigenvalue weighted by Gasteiger charge is 2.37. The van der Waals surface area contributed by atoms with E-state index < -0.39 is 0 Å². The summed E-state index contributed by atoms with van der Waals surface area (Å²) in [6.45, 7) is 0. The van der Waals surface area contributed by atoms with Gasteiger partial charge in [0.2, 0.25) is 5.89 Å². The number of aromatic nitrogens is 2. The molecule has 1 atom stereocenters. The van der Waals surface area contributed by atoms with Crippen molar-refractivity contribution < 1.29 is 4.52 Å². The first-order valence-electron chi connectivity index (χ1n) is 7.12. The lowest BCUT2D eigenvalue weighted by atomic mass is 9.99. The van der Waals surface area contributed by atoms with Crippen molar-refractivity contribution in [2.45, 2.75) is 47.8 Å². The summed E-state index contributed by atoms with van der Waals surface area (Å²) >= 11 is 1.81. The second kappa shape index (κ2) is 4.60. The van der Waals surface area contributed by atoms with Crippen LogP contribution in [0.5, 0.6) is 0 Å². The van der Waals surface area contributed by atoms with Gasteiger partial charge in [0.25, 0.3) is 0 Å². The lowest BCUT2D eigenvalue weighted by Crippen LogP contribution is -2.34. The average Bonchev–Trinajstić information content (AvgIpc) is 3.17. The monoisotopic (exact) mass is 287 g/mol. The van der Waals surface area contributed by atoms with E-state index in [0.29, 0.717) is 5.82 Å². The van der Waals surface area contributed by atoms with E-state index in [1.54, 1.807) is 11.8 Å². The summed E-state index contributed by atoms with van der Waals surface area (Å²) in [5.41, 5.74) is 7.39. The normalized spacial score (nSPS) is 23.9. The van der Waals surface area contributed by atoms with Crippen LogP contribution in [0.25, 0.3) is 0 Å². The zero-order valence-electron chi connectivity index (χ0n) is 11.2. The van der Waals surface area contributed by atoms with Crippen molar-refractivity contribution in [2.24, 2.45) is 5.73 Å². The van der Waals surface area contributed by atoms with Gasteiger partial charge in [-0.1, -0.05) is 36.2 Å². The quantitative estimate of drug-likeness (QED) is 0.919. The minimum Gasteiger partial charge on any atom is -0.338 e. The zero-order chi connectivity index (χ0) is 13.6. The molecule has 1 fully saturated rings. The first-order chi connectivity index (χ1) is 9.74. The number of fused-ring (bicyclic) bond motifs is 1. The molecule has 1 aromatic carbocycles. The highest BCUT2D eigenvalue weighted by atomic mass is 32.2. The van der Waals surface area contributed by atoms with E-state index in [2.05, 4.69) is 34.4 Å². The molecular formula is C15H17N3OS. The van der Waals surface area contributed by atoms with Crippen molar-refractivity contribution in [1.82, 2.24) is 10.1 Å². The molecule has 1 aliphatic heterocycles.